The van der Waals surface area contributed by atoms with Crippen LogP contribution in [0.3, 0.4) is 0 Å². The fraction of sp³-hybridized carbons (Fsp3) is 0.324. The molecule has 0 bridgehead atoms. The number of benzene rings is 3. The first kappa shape index (κ1) is 31.9. The zero-order valence-electron chi connectivity index (χ0n) is 25.3. The first-order chi connectivity index (χ1) is 19.9. The van der Waals surface area contributed by atoms with E-state index in [1.807, 2.05) is 62.4 Å². The van der Waals surface area contributed by atoms with E-state index in [9.17, 15) is 14.4 Å². The van der Waals surface area contributed by atoms with Gasteiger partial charge in [-0.25, -0.2) is 4.79 Å². The molecule has 0 saturated carbocycles. The van der Waals surface area contributed by atoms with E-state index in [0.29, 0.717) is 17.0 Å². The van der Waals surface area contributed by atoms with Crippen LogP contribution in [0.25, 0.3) is 0 Å². The Morgan fingerprint density at radius 3 is 2.21 bits per heavy atom. The predicted octanol–water partition coefficient (Wildman–Crippen LogP) is 6.14. The van der Waals surface area contributed by atoms with Gasteiger partial charge in [0.05, 0.1) is 7.11 Å². The van der Waals surface area contributed by atoms with Gasteiger partial charge in [0.15, 0.2) is 0 Å². The van der Waals surface area contributed by atoms with Crippen LogP contribution in [-0.4, -0.2) is 48.1 Å². The Hall–Kier alpha value is -4.59. The molecule has 0 aliphatic heterocycles. The summed E-state index contributed by atoms with van der Waals surface area (Å²) in [5.74, 6) is -0.195. The van der Waals surface area contributed by atoms with Gasteiger partial charge in [0.25, 0.3) is 5.91 Å². The fourth-order valence-electron chi connectivity index (χ4n) is 4.57. The second kappa shape index (κ2) is 14.3. The van der Waals surface area contributed by atoms with Gasteiger partial charge in [-0.2, -0.15) is 0 Å². The molecule has 2 N–H and O–H groups in total. The fourth-order valence-corrected chi connectivity index (χ4v) is 4.57. The first-order valence-electron chi connectivity index (χ1n) is 13.9. The van der Waals surface area contributed by atoms with Gasteiger partial charge < -0.3 is 25.0 Å². The number of hydrogen-bond donors (Lipinski definition) is 2. The summed E-state index contributed by atoms with van der Waals surface area (Å²) in [7, 11) is 1.57. The van der Waals surface area contributed by atoms with E-state index >= 15 is 0 Å². The van der Waals surface area contributed by atoms with Crippen molar-refractivity contribution in [2.24, 2.45) is 0 Å². The molecule has 0 spiro atoms. The molecule has 0 aromatic heterocycles. The Bertz CT molecular complexity index is 1380. The minimum atomic E-state index is -1.02. The number of anilines is 1. The van der Waals surface area contributed by atoms with E-state index in [2.05, 4.69) is 17.2 Å². The van der Waals surface area contributed by atoms with Crippen molar-refractivity contribution in [3.05, 3.63) is 108 Å². The third kappa shape index (κ3) is 8.70. The highest BCUT2D eigenvalue weighted by molar-refractivity contribution is 5.99. The van der Waals surface area contributed by atoms with Crippen LogP contribution in [-0.2, 0) is 20.7 Å². The first-order valence-corrected chi connectivity index (χ1v) is 13.9. The summed E-state index contributed by atoms with van der Waals surface area (Å²) in [4.78, 5) is 42.8. The number of amides is 3. The molecular formula is C34H41N3O5. The number of methoxy groups -OCH3 is 1. The molecule has 2 unspecified atom stereocenters. The number of aryl methyl sites for hydroxylation is 1. The van der Waals surface area contributed by atoms with Crippen molar-refractivity contribution in [3.63, 3.8) is 0 Å². The number of carbonyl (C=O) groups excluding carboxylic acids is 3. The van der Waals surface area contributed by atoms with E-state index in [0.717, 1.165) is 16.7 Å². The van der Waals surface area contributed by atoms with E-state index in [1.165, 1.54) is 4.90 Å². The van der Waals surface area contributed by atoms with E-state index < -0.39 is 35.6 Å². The van der Waals surface area contributed by atoms with Crippen LogP contribution in [0.2, 0.25) is 0 Å². The third-order valence-corrected chi connectivity index (χ3v) is 6.74. The van der Waals surface area contributed by atoms with Gasteiger partial charge in [0, 0.05) is 18.7 Å². The Kier molecular flexibility index (Phi) is 10.9. The van der Waals surface area contributed by atoms with Crippen molar-refractivity contribution in [1.29, 1.82) is 0 Å². The van der Waals surface area contributed by atoms with E-state index in [-0.39, 0.29) is 13.0 Å². The lowest BCUT2D eigenvalue weighted by atomic mass is 9.94. The molecule has 42 heavy (non-hydrogen) atoms. The summed E-state index contributed by atoms with van der Waals surface area (Å²) < 4.78 is 10.7. The maximum Gasteiger partial charge on any atom is 0.408 e. The van der Waals surface area contributed by atoms with Crippen molar-refractivity contribution in [1.82, 2.24) is 10.2 Å². The molecule has 0 aliphatic rings. The molecule has 222 valence electrons. The Morgan fingerprint density at radius 2 is 1.62 bits per heavy atom. The average Bonchev–Trinajstić information content (AvgIpc) is 2.94. The van der Waals surface area contributed by atoms with Gasteiger partial charge in [-0.3, -0.25) is 9.59 Å². The summed E-state index contributed by atoms with van der Waals surface area (Å²) in [5.41, 5.74) is 3.17. The Balaban J connectivity index is 2.06. The number of alkyl carbamates (subject to hydrolysis) is 1. The van der Waals surface area contributed by atoms with Crippen LogP contribution < -0.4 is 15.4 Å². The van der Waals surface area contributed by atoms with Crippen LogP contribution >= 0.6 is 0 Å². The standard InChI is InChI=1S/C34H41N3O5/c1-8-21-37(32(39)29(22-25-14-10-9-11-15-25)36-33(40)42-34(4,5)6)30(28-16-12-13-23(2)24(28)3)31(38)35-26-17-19-27(41-7)20-18-26/h8-20,29-30H,1,21-22H2,2-7H3,(H,35,38)(H,36,40). The number of rotatable bonds is 11. The number of carbonyl (C=O) groups is 3. The monoisotopic (exact) mass is 571 g/mol. The molecule has 3 rings (SSSR count). The van der Waals surface area contributed by atoms with Crippen LogP contribution in [0.4, 0.5) is 10.5 Å². The molecular weight excluding hydrogens is 530 g/mol. The average molecular weight is 572 g/mol. The van der Waals surface area contributed by atoms with Gasteiger partial charge >= 0.3 is 6.09 Å². The summed E-state index contributed by atoms with van der Waals surface area (Å²) in [5, 5.41) is 5.72. The molecule has 8 heteroatoms. The van der Waals surface area contributed by atoms with Crippen molar-refractivity contribution >= 4 is 23.6 Å². The van der Waals surface area contributed by atoms with Crippen LogP contribution in [0, 0.1) is 13.8 Å². The maximum atomic E-state index is 14.4. The van der Waals surface area contributed by atoms with Crippen molar-refractivity contribution in [3.8, 4) is 5.75 Å². The molecule has 0 radical (unpaired) electrons. The molecule has 3 amide bonds. The Labute approximate surface area is 248 Å². The number of nitrogens with one attached hydrogen (secondary N) is 2. The van der Waals surface area contributed by atoms with Crippen molar-refractivity contribution in [2.45, 2.75) is 58.7 Å². The summed E-state index contributed by atoms with van der Waals surface area (Å²) in [6, 6.07) is 20.0. The maximum absolute atomic E-state index is 14.4. The number of ether oxygens (including phenoxy) is 2. The molecule has 3 aromatic carbocycles. The van der Waals surface area contributed by atoms with Gasteiger partial charge in [0.2, 0.25) is 5.91 Å². The van der Waals surface area contributed by atoms with E-state index in [1.54, 1.807) is 58.2 Å². The summed E-state index contributed by atoms with van der Waals surface area (Å²) >= 11 is 0. The van der Waals surface area contributed by atoms with Gasteiger partial charge in [-0.1, -0.05) is 54.6 Å². The lowest BCUT2D eigenvalue weighted by Gasteiger charge is -2.34. The van der Waals surface area contributed by atoms with Crippen LogP contribution in [0.15, 0.2) is 85.5 Å². The zero-order chi connectivity index (χ0) is 30.9. The number of hydrogen-bond acceptors (Lipinski definition) is 5. The minimum Gasteiger partial charge on any atom is -0.497 e. The molecule has 3 aromatic rings. The van der Waals surface area contributed by atoms with E-state index in [4.69, 9.17) is 9.47 Å². The lowest BCUT2D eigenvalue weighted by molar-refractivity contribution is -0.140. The molecule has 2 atom stereocenters. The van der Waals surface area contributed by atoms with Gasteiger partial charge in [0.1, 0.15) is 23.4 Å². The second-order valence-corrected chi connectivity index (χ2v) is 11.1. The molecule has 0 fully saturated rings. The highest BCUT2D eigenvalue weighted by Gasteiger charge is 2.36. The molecule has 0 aliphatic carbocycles. The molecule has 0 saturated heterocycles. The quantitative estimate of drug-likeness (QED) is 0.270. The smallest absolute Gasteiger partial charge is 0.408 e. The summed E-state index contributed by atoms with van der Waals surface area (Å²) in [6.07, 6.45) is 1.05. The number of nitrogens with zero attached hydrogens (tertiary/aromatic N) is 1. The topological polar surface area (TPSA) is 97.0 Å². The van der Waals surface area contributed by atoms with Crippen molar-refractivity contribution < 1.29 is 23.9 Å². The van der Waals surface area contributed by atoms with Gasteiger partial charge in [-0.15, -0.1) is 6.58 Å². The Morgan fingerprint density at radius 1 is 0.952 bits per heavy atom. The second-order valence-electron chi connectivity index (χ2n) is 11.1. The predicted molar refractivity (Wildman–Crippen MR) is 165 cm³/mol. The van der Waals surface area contributed by atoms with Crippen molar-refractivity contribution in [2.75, 3.05) is 19.0 Å². The zero-order valence-corrected chi connectivity index (χ0v) is 25.3. The highest BCUT2D eigenvalue weighted by atomic mass is 16.6. The lowest BCUT2D eigenvalue weighted by Crippen LogP contribution is -2.53. The largest absolute Gasteiger partial charge is 0.497 e. The van der Waals surface area contributed by atoms with Crippen LogP contribution in [0.5, 0.6) is 5.75 Å². The summed E-state index contributed by atoms with van der Waals surface area (Å²) in [6.45, 7) is 13.1. The van der Waals surface area contributed by atoms with Gasteiger partial charge in [-0.05, 0) is 81.1 Å². The molecule has 8 nitrogen and oxygen atoms in total. The SMILES string of the molecule is C=CCN(C(=O)C(Cc1ccccc1)NC(=O)OC(C)(C)C)C(C(=O)Nc1ccc(OC)cc1)c1cccc(C)c1C. The minimum absolute atomic E-state index is 0.0637. The third-order valence-electron chi connectivity index (χ3n) is 6.74. The normalized spacial score (nSPS) is 12.4. The highest BCUT2D eigenvalue weighted by Crippen LogP contribution is 2.29. The molecule has 0 heterocycles. The van der Waals surface area contributed by atoms with Crippen LogP contribution in [0.1, 0.15) is 49.1 Å².